The van der Waals surface area contributed by atoms with E-state index in [1.807, 2.05) is 0 Å². The van der Waals surface area contributed by atoms with Gasteiger partial charge in [-0.15, -0.1) is 0 Å². The summed E-state index contributed by atoms with van der Waals surface area (Å²) in [6.45, 7) is 1.13. The van der Waals surface area contributed by atoms with Gasteiger partial charge in [0.15, 0.2) is 0 Å². The van der Waals surface area contributed by atoms with Gasteiger partial charge < -0.3 is 19.8 Å². The Hall–Kier alpha value is -1.17. The van der Waals surface area contributed by atoms with Crippen LogP contribution >= 0.6 is 0 Å². The van der Waals surface area contributed by atoms with Gasteiger partial charge in [-0.05, 0) is 12.1 Å². The van der Waals surface area contributed by atoms with Crippen LogP contribution in [0.3, 0.4) is 0 Å². The number of aliphatic hydroxyl groups is 2. The molecule has 19 heavy (non-hydrogen) atoms. The fourth-order valence-corrected chi connectivity index (χ4v) is 2.50. The van der Waals surface area contributed by atoms with Gasteiger partial charge in [0.05, 0.1) is 12.2 Å². The minimum Gasteiger partial charge on any atom is -0.391 e. The fraction of sp³-hybridized carbons (Fsp3) is 0.571. The quantitative estimate of drug-likeness (QED) is 0.865. The third kappa shape index (κ3) is 3.23. The number of likely N-dealkylation sites (N-methyl/N-ethyl adjacent to an activating group) is 1. The van der Waals surface area contributed by atoms with Gasteiger partial charge in [-0.1, -0.05) is 6.07 Å². The molecule has 1 heterocycles. The van der Waals surface area contributed by atoms with E-state index in [0.717, 1.165) is 0 Å². The van der Waals surface area contributed by atoms with E-state index >= 15 is 0 Å². The van der Waals surface area contributed by atoms with Crippen LogP contribution in [0.15, 0.2) is 18.2 Å². The van der Waals surface area contributed by atoms with Crippen LogP contribution in [0, 0.1) is 5.82 Å². The van der Waals surface area contributed by atoms with Crippen molar-refractivity contribution in [2.24, 2.45) is 0 Å². The van der Waals surface area contributed by atoms with Crippen LogP contribution in [0.1, 0.15) is 18.4 Å². The van der Waals surface area contributed by atoms with Crippen molar-refractivity contribution in [3.63, 3.8) is 0 Å². The van der Waals surface area contributed by atoms with Crippen LogP contribution < -0.4 is 4.90 Å². The highest BCUT2D eigenvalue weighted by molar-refractivity contribution is 5.53. The molecule has 0 aliphatic carbocycles. The van der Waals surface area contributed by atoms with Crippen LogP contribution in [0.2, 0.25) is 0 Å². The molecule has 0 unspecified atom stereocenters. The number of ether oxygens (including phenoxy) is 1. The standard InChI is InChI=1S/C14H20FNO3/c1-16(10-14(18)5-7-19-8-6-14)13-4-2-3-12(15)11(13)9-17/h2-4,17-18H,5-10H2,1H3. The Kier molecular flexibility index (Phi) is 4.39. The summed E-state index contributed by atoms with van der Waals surface area (Å²) in [6.07, 6.45) is 1.14. The van der Waals surface area contributed by atoms with Crippen LogP contribution in [-0.4, -0.2) is 42.6 Å². The summed E-state index contributed by atoms with van der Waals surface area (Å²) < 4.78 is 18.9. The second-order valence-corrected chi connectivity index (χ2v) is 5.09. The predicted octanol–water partition coefficient (Wildman–Crippen LogP) is 1.30. The molecule has 0 bridgehead atoms. The van der Waals surface area contributed by atoms with E-state index in [9.17, 15) is 14.6 Å². The maximum Gasteiger partial charge on any atom is 0.130 e. The van der Waals surface area contributed by atoms with E-state index in [1.165, 1.54) is 6.07 Å². The molecule has 1 saturated heterocycles. The van der Waals surface area contributed by atoms with Crippen molar-refractivity contribution in [2.45, 2.75) is 25.0 Å². The molecule has 0 aromatic heterocycles. The first-order valence-electron chi connectivity index (χ1n) is 6.45. The van der Waals surface area contributed by atoms with Crippen molar-refractivity contribution in [1.29, 1.82) is 0 Å². The molecule has 2 N–H and O–H groups in total. The molecule has 2 rings (SSSR count). The average Bonchev–Trinajstić information content (AvgIpc) is 2.38. The predicted molar refractivity (Wildman–Crippen MR) is 70.6 cm³/mol. The summed E-state index contributed by atoms with van der Waals surface area (Å²) in [7, 11) is 1.79. The summed E-state index contributed by atoms with van der Waals surface area (Å²) in [5.41, 5.74) is 0.0644. The Morgan fingerprint density at radius 1 is 1.37 bits per heavy atom. The van der Waals surface area contributed by atoms with Crippen molar-refractivity contribution < 1.29 is 19.3 Å². The molecule has 0 spiro atoms. The Bertz CT molecular complexity index is 433. The highest BCUT2D eigenvalue weighted by Crippen LogP contribution is 2.27. The second kappa shape index (κ2) is 5.86. The SMILES string of the molecule is CN(CC1(O)CCOCC1)c1cccc(F)c1CO. The van der Waals surface area contributed by atoms with Crippen LogP contribution in [0.5, 0.6) is 0 Å². The molecule has 0 atom stereocenters. The molecule has 0 radical (unpaired) electrons. The largest absolute Gasteiger partial charge is 0.391 e. The highest BCUT2D eigenvalue weighted by atomic mass is 19.1. The Morgan fingerprint density at radius 2 is 2.05 bits per heavy atom. The van der Waals surface area contributed by atoms with E-state index < -0.39 is 11.4 Å². The fourth-order valence-electron chi connectivity index (χ4n) is 2.50. The Labute approximate surface area is 112 Å². The van der Waals surface area contributed by atoms with E-state index in [2.05, 4.69) is 0 Å². The topological polar surface area (TPSA) is 52.9 Å². The van der Waals surface area contributed by atoms with E-state index in [0.29, 0.717) is 38.3 Å². The Balaban J connectivity index is 2.15. The number of anilines is 1. The molecule has 1 aliphatic rings. The van der Waals surface area contributed by atoms with Crippen LogP contribution in [-0.2, 0) is 11.3 Å². The lowest BCUT2D eigenvalue weighted by Crippen LogP contribution is -2.46. The highest BCUT2D eigenvalue weighted by Gasteiger charge is 2.31. The second-order valence-electron chi connectivity index (χ2n) is 5.09. The summed E-state index contributed by atoms with van der Waals surface area (Å²) in [5, 5.41) is 19.7. The van der Waals surface area contributed by atoms with E-state index in [4.69, 9.17) is 4.74 Å². The molecule has 1 aromatic rings. The lowest BCUT2D eigenvalue weighted by molar-refractivity contribution is -0.0572. The molecule has 1 aliphatic heterocycles. The van der Waals surface area contributed by atoms with Crippen molar-refractivity contribution in [1.82, 2.24) is 0 Å². The summed E-state index contributed by atoms with van der Waals surface area (Å²) in [6, 6.07) is 4.68. The zero-order valence-corrected chi connectivity index (χ0v) is 11.1. The first-order chi connectivity index (χ1) is 9.06. The lowest BCUT2D eigenvalue weighted by Gasteiger charge is -2.36. The number of aliphatic hydroxyl groups excluding tert-OH is 1. The zero-order chi connectivity index (χ0) is 13.9. The van der Waals surface area contributed by atoms with Crippen molar-refractivity contribution in [3.8, 4) is 0 Å². The van der Waals surface area contributed by atoms with E-state index in [-0.39, 0.29) is 12.2 Å². The maximum atomic E-state index is 13.6. The van der Waals surface area contributed by atoms with Gasteiger partial charge in [0, 0.05) is 50.9 Å². The van der Waals surface area contributed by atoms with Gasteiger partial charge in [0.1, 0.15) is 5.82 Å². The number of halogens is 1. The number of rotatable bonds is 4. The van der Waals surface area contributed by atoms with Gasteiger partial charge >= 0.3 is 0 Å². The van der Waals surface area contributed by atoms with Gasteiger partial charge in [0.2, 0.25) is 0 Å². The molecule has 0 saturated carbocycles. The zero-order valence-electron chi connectivity index (χ0n) is 11.1. The van der Waals surface area contributed by atoms with Gasteiger partial charge in [0.25, 0.3) is 0 Å². The minimum absolute atomic E-state index is 0.264. The molecule has 1 aromatic carbocycles. The van der Waals surface area contributed by atoms with Gasteiger partial charge in [-0.2, -0.15) is 0 Å². The van der Waals surface area contributed by atoms with Crippen molar-refractivity contribution in [3.05, 3.63) is 29.6 Å². The number of benzene rings is 1. The van der Waals surface area contributed by atoms with Crippen LogP contribution in [0.25, 0.3) is 0 Å². The lowest BCUT2D eigenvalue weighted by atomic mass is 9.93. The van der Waals surface area contributed by atoms with Gasteiger partial charge in [-0.25, -0.2) is 4.39 Å². The first-order valence-corrected chi connectivity index (χ1v) is 6.45. The normalized spacial score (nSPS) is 18.3. The monoisotopic (exact) mass is 269 g/mol. The number of hydrogen-bond donors (Lipinski definition) is 2. The van der Waals surface area contributed by atoms with Crippen LogP contribution in [0.4, 0.5) is 10.1 Å². The van der Waals surface area contributed by atoms with E-state index in [1.54, 1.807) is 24.1 Å². The molecular formula is C14H20FNO3. The third-order valence-corrected chi connectivity index (χ3v) is 3.62. The van der Waals surface area contributed by atoms with Crippen molar-refractivity contribution >= 4 is 5.69 Å². The molecule has 1 fully saturated rings. The van der Waals surface area contributed by atoms with Gasteiger partial charge in [-0.3, -0.25) is 0 Å². The number of hydrogen-bond acceptors (Lipinski definition) is 4. The number of nitrogens with zero attached hydrogens (tertiary/aromatic N) is 1. The molecule has 4 nitrogen and oxygen atoms in total. The maximum absolute atomic E-state index is 13.6. The Morgan fingerprint density at radius 3 is 2.68 bits per heavy atom. The average molecular weight is 269 g/mol. The molecular weight excluding hydrogens is 249 g/mol. The van der Waals surface area contributed by atoms with Crippen molar-refractivity contribution in [2.75, 3.05) is 31.7 Å². The first kappa shape index (κ1) is 14.2. The third-order valence-electron chi connectivity index (χ3n) is 3.62. The molecule has 5 heteroatoms. The summed E-state index contributed by atoms with van der Waals surface area (Å²) in [4.78, 5) is 1.79. The summed E-state index contributed by atoms with van der Waals surface area (Å²) in [5.74, 6) is -0.425. The minimum atomic E-state index is -0.813. The smallest absolute Gasteiger partial charge is 0.130 e. The molecule has 106 valence electrons. The molecule has 0 amide bonds. The summed E-state index contributed by atoms with van der Waals surface area (Å²) >= 11 is 0.